The van der Waals surface area contributed by atoms with Crippen molar-refractivity contribution in [2.75, 3.05) is 13.2 Å². The third-order valence-corrected chi connectivity index (χ3v) is 2.79. The Hall–Kier alpha value is -1.88. The van der Waals surface area contributed by atoms with Gasteiger partial charge in [-0.3, -0.25) is 9.59 Å². The lowest BCUT2D eigenvalue weighted by atomic mass is 10.1. The summed E-state index contributed by atoms with van der Waals surface area (Å²) >= 11 is 0. The molecule has 1 unspecified atom stereocenters. The first-order valence-electron chi connectivity index (χ1n) is 6.76. The van der Waals surface area contributed by atoms with Crippen LogP contribution in [0.4, 0.5) is 0 Å². The number of carboxylic acid groups (broad SMARTS) is 1. The van der Waals surface area contributed by atoms with Crippen molar-refractivity contribution in [1.82, 2.24) is 5.32 Å². The zero-order valence-corrected chi connectivity index (χ0v) is 11.9. The number of carbonyl (C=O) groups excluding carboxylic acids is 1. The Morgan fingerprint density at radius 3 is 2.50 bits per heavy atom. The van der Waals surface area contributed by atoms with E-state index in [2.05, 4.69) is 5.32 Å². The van der Waals surface area contributed by atoms with E-state index in [1.165, 1.54) is 0 Å². The third-order valence-electron chi connectivity index (χ3n) is 2.79. The Morgan fingerprint density at radius 1 is 1.30 bits per heavy atom. The highest BCUT2D eigenvalue weighted by atomic mass is 16.5. The maximum absolute atomic E-state index is 12.1. The average molecular weight is 279 g/mol. The molecular formula is C15H21NO4. The van der Waals surface area contributed by atoms with Crippen LogP contribution in [0.2, 0.25) is 0 Å². The van der Waals surface area contributed by atoms with Crippen molar-refractivity contribution in [3.05, 3.63) is 29.8 Å². The molecule has 1 aromatic carbocycles. The number of ketones is 1. The first-order valence-corrected chi connectivity index (χ1v) is 6.76. The van der Waals surface area contributed by atoms with Crippen molar-refractivity contribution in [3.63, 3.8) is 0 Å². The van der Waals surface area contributed by atoms with E-state index < -0.39 is 12.0 Å². The van der Waals surface area contributed by atoms with Gasteiger partial charge in [0.05, 0.1) is 19.1 Å². The largest absolute Gasteiger partial charge is 0.494 e. The number of carboxylic acids is 1. The van der Waals surface area contributed by atoms with E-state index in [-0.39, 0.29) is 18.7 Å². The Labute approximate surface area is 118 Å². The van der Waals surface area contributed by atoms with Gasteiger partial charge >= 0.3 is 5.97 Å². The van der Waals surface area contributed by atoms with Crippen molar-refractivity contribution in [2.45, 2.75) is 32.7 Å². The van der Waals surface area contributed by atoms with Crippen LogP contribution in [0.1, 0.15) is 37.0 Å². The monoisotopic (exact) mass is 279 g/mol. The van der Waals surface area contributed by atoms with Gasteiger partial charge in [-0.25, -0.2) is 0 Å². The maximum Gasteiger partial charge on any atom is 0.304 e. The van der Waals surface area contributed by atoms with Gasteiger partial charge in [0.2, 0.25) is 0 Å². The normalized spacial score (nSPS) is 11.9. The zero-order valence-electron chi connectivity index (χ0n) is 11.9. The molecule has 20 heavy (non-hydrogen) atoms. The predicted octanol–water partition coefficient (Wildman–Crippen LogP) is 2.11. The molecule has 0 radical (unpaired) electrons. The second-order valence-corrected chi connectivity index (χ2v) is 4.56. The van der Waals surface area contributed by atoms with Gasteiger partial charge < -0.3 is 15.2 Å². The fourth-order valence-corrected chi connectivity index (χ4v) is 1.67. The van der Waals surface area contributed by atoms with Crippen LogP contribution in [0.15, 0.2) is 24.3 Å². The summed E-state index contributed by atoms with van der Waals surface area (Å²) in [5, 5.41) is 11.4. The van der Waals surface area contributed by atoms with Crippen LogP contribution in [0, 0.1) is 0 Å². The Kier molecular flexibility index (Phi) is 6.73. The number of rotatable bonds is 9. The quantitative estimate of drug-likeness (QED) is 0.677. The smallest absolute Gasteiger partial charge is 0.304 e. The van der Waals surface area contributed by atoms with Crippen molar-refractivity contribution < 1.29 is 19.4 Å². The highest BCUT2D eigenvalue weighted by Gasteiger charge is 2.14. The predicted molar refractivity (Wildman–Crippen MR) is 76.3 cm³/mol. The summed E-state index contributed by atoms with van der Waals surface area (Å²) < 4.78 is 5.45. The number of aliphatic carboxylic acids is 1. The lowest BCUT2D eigenvalue weighted by Gasteiger charge is -2.12. The van der Waals surface area contributed by atoms with Crippen LogP contribution in [0.5, 0.6) is 5.75 Å². The Morgan fingerprint density at radius 2 is 1.95 bits per heavy atom. The minimum atomic E-state index is -0.880. The SMILES string of the molecule is CCCOc1ccc(C(=O)C(C)NCCC(=O)O)cc1. The van der Waals surface area contributed by atoms with E-state index in [4.69, 9.17) is 9.84 Å². The molecule has 110 valence electrons. The third kappa shape index (κ3) is 5.40. The van der Waals surface area contributed by atoms with Crippen molar-refractivity contribution >= 4 is 11.8 Å². The molecule has 0 heterocycles. The molecule has 0 fully saturated rings. The van der Waals surface area contributed by atoms with Crippen molar-refractivity contribution in [2.24, 2.45) is 0 Å². The van der Waals surface area contributed by atoms with Gasteiger partial charge in [-0.1, -0.05) is 6.92 Å². The molecule has 0 aromatic heterocycles. The topological polar surface area (TPSA) is 75.6 Å². The number of Topliss-reactive ketones (excluding diaryl/α,β-unsaturated/α-hetero) is 1. The summed E-state index contributed by atoms with van der Waals surface area (Å²) in [5.41, 5.74) is 0.587. The van der Waals surface area contributed by atoms with Crippen LogP contribution in [0.25, 0.3) is 0 Å². The van der Waals surface area contributed by atoms with Gasteiger partial charge in [0, 0.05) is 12.1 Å². The summed E-state index contributed by atoms with van der Waals surface area (Å²) in [6, 6.07) is 6.59. The molecule has 5 heteroatoms. The minimum Gasteiger partial charge on any atom is -0.494 e. The van der Waals surface area contributed by atoms with Gasteiger partial charge in [0.15, 0.2) is 5.78 Å². The average Bonchev–Trinajstić information content (AvgIpc) is 2.44. The molecule has 0 saturated carbocycles. The molecule has 5 nitrogen and oxygen atoms in total. The summed E-state index contributed by atoms with van der Waals surface area (Å²) in [7, 11) is 0. The summed E-state index contributed by atoms with van der Waals surface area (Å²) in [6.07, 6.45) is 0.937. The number of carbonyl (C=O) groups is 2. The molecule has 2 N–H and O–H groups in total. The number of nitrogens with one attached hydrogen (secondary N) is 1. The Bertz CT molecular complexity index is 442. The number of hydrogen-bond donors (Lipinski definition) is 2. The van der Waals surface area contributed by atoms with Crippen LogP contribution in [-0.2, 0) is 4.79 Å². The molecule has 0 spiro atoms. The van der Waals surface area contributed by atoms with Crippen LogP contribution in [0.3, 0.4) is 0 Å². The lowest BCUT2D eigenvalue weighted by molar-refractivity contribution is -0.136. The van der Waals surface area contributed by atoms with Crippen LogP contribution < -0.4 is 10.1 Å². The molecule has 0 aliphatic carbocycles. The van der Waals surface area contributed by atoms with E-state index in [1.807, 2.05) is 6.92 Å². The summed E-state index contributed by atoms with van der Waals surface area (Å²) in [5.74, 6) is -0.193. The molecule has 1 rings (SSSR count). The molecule has 0 bridgehead atoms. The van der Waals surface area contributed by atoms with Gasteiger partial charge in [-0.05, 0) is 37.6 Å². The van der Waals surface area contributed by atoms with E-state index in [0.29, 0.717) is 12.2 Å². The fourth-order valence-electron chi connectivity index (χ4n) is 1.67. The molecule has 0 amide bonds. The molecule has 1 aromatic rings. The fraction of sp³-hybridized carbons (Fsp3) is 0.467. The first-order chi connectivity index (χ1) is 9.54. The van der Waals surface area contributed by atoms with E-state index in [9.17, 15) is 9.59 Å². The zero-order chi connectivity index (χ0) is 15.0. The maximum atomic E-state index is 12.1. The highest BCUT2D eigenvalue weighted by molar-refractivity contribution is 5.99. The standard InChI is InChI=1S/C15H21NO4/c1-3-10-20-13-6-4-12(5-7-13)15(19)11(2)16-9-8-14(17)18/h4-7,11,16H,3,8-10H2,1-2H3,(H,17,18). The molecule has 0 aliphatic rings. The van der Waals surface area contributed by atoms with Crippen LogP contribution >= 0.6 is 0 Å². The Balaban J connectivity index is 2.51. The first kappa shape index (κ1) is 16.2. The van der Waals surface area contributed by atoms with Crippen LogP contribution in [-0.4, -0.2) is 36.1 Å². The number of hydrogen-bond acceptors (Lipinski definition) is 4. The highest BCUT2D eigenvalue weighted by Crippen LogP contribution is 2.13. The second kappa shape index (κ2) is 8.32. The summed E-state index contributed by atoms with van der Waals surface area (Å²) in [4.78, 5) is 22.5. The lowest BCUT2D eigenvalue weighted by Crippen LogP contribution is -2.35. The molecule has 0 saturated heterocycles. The number of ether oxygens (including phenoxy) is 1. The summed E-state index contributed by atoms with van der Waals surface area (Å²) in [6.45, 7) is 4.69. The van der Waals surface area contributed by atoms with Gasteiger partial charge in [0.1, 0.15) is 5.75 Å². The molecule has 0 aliphatic heterocycles. The van der Waals surface area contributed by atoms with Gasteiger partial charge in [0.25, 0.3) is 0 Å². The van der Waals surface area contributed by atoms with Gasteiger partial charge in [-0.2, -0.15) is 0 Å². The van der Waals surface area contributed by atoms with Crippen molar-refractivity contribution in [3.8, 4) is 5.75 Å². The van der Waals surface area contributed by atoms with Crippen molar-refractivity contribution in [1.29, 1.82) is 0 Å². The molecular weight excluding hydrogens is 258 g/mol. The number of benzene rings is 1. The van der Waals surface area contributed by atoms with E-state index in [1.54, 1.807) is 31.2 Å². The molecule has 1 atom stereocenters. The minimum absolute atomic E-state index is 0.00140. The van der Waals surface area contributed by atoms with E-state index >= 15 is 0 Å². The van der Waals surface area contributed by atoms with E-state index in [0.717, 1.165) is 12.2 Å². The second-order valence-electron chi connectivity index (χ2n) is 4.56. The van der Waals surface area contributed by atoms with Gasteiger partial charge in [-0.15, -0.1) is 0 Å².